The number of hydrogen-bond donors (Lipinski definition) is 2. The van der Waals surface area contributed by atoms with E-state index in [9.17, 15) is 4.79 Å². The first-order valence-electron chi connectivity index (χ1n) is 10.4. The highest BCUT2D eigenvalue weighted by Gasteiger charge is 2.28. The molecule has 1 amide bonds. The number of carbonyl (C=O) groups excluding carboxylic acids is 1. The van der Waals surface area contributed by atoms with Crippen molar-refractivity contribution >= 4 is 23.4 Å². The largest absolute Gasteiger partial charge is 0.493 e. The fourth-order valence-corrected chi connectivity index (χ4v) is 3.88. The predicted molar refractivity (Wildman–Crippen MR) is 119 cm³/mol. The van der Waals surface area contributed by atoms with Crippen LogP contribution < -0.4 is 25.4 Å². The van der Waals surface area contributed by atoms with Gasteiger partial charge in [0.1, 0.15) is 12.4 Å². The van der Waals surface area contributed by atoms with Gasteiger partial charge in [0.2, 0.25) is 5.91 Å². The number of methoxy groups -OCH3 is 1. The lowest BCUT2D eigenvalue weighted by molar-refractivity contribution is -0.116. The molecule has 160 valence electrons. The lowest BCUT2D eigenvalue weighted by atomic mass is 9.87. The van der Waals surface area contributed by atoms with E-state index in [1.807, 2.05) is 31.2 Å². The van der Waals surface area contributed by atoms with E-state index in [0.717, 1.165) is 33.7 Å². The molecule has 1 aromatic carbocycles. The van der Waals surface area contributed by atoms with Gasteiger partial charge in [0, 0.05) is 24.1 Å². The predicted octanol–water partition coefficient (Wildman–Crippen LogP) is 2.73. The number of rotatable bonds is 6. The molecule has 0 radical (unpaired) electrons. The molecule has 0 saturated heterocycles. The average Bonchev–Trinajstić information content (AvgIpc) is 3.25. The van der Waals surface area contributed by atoms with Gasteiger partial charge in [-0.1, -0.05) is 25.1 Å². The summed E-state index contributed by atoms with van der Waals surface area (Å²) >= 11 is 0. The van der Waals surface area contributed by atoms with E-state index in [1.54, 1.807) is 19.5 Å². The summed E-state index contributed by atoms with van der Waals surface area (Å²) in [4.78, 5) is 16.6. The standard InChI is InChI=1S/C24H26N4O3/c1-4-6-16-7-5-10-25-23(16)15(2)14-31-20-9-8-17(11-21(20)30-3)18-12-22(29)27-24-19(18)13-26-28-24/h5-11,13,18H,4,12,14H2,1-3H3,(H2,26,27,28,29)/b16-6-,23-15-/t18-/m0/s1. The Labute approximate surface area is 180 Å². The van der Waals surface area contributed by atoms with Crippen LogP contribution in [0.25, 0.3) is 11.6 Å². The number of benzene rings is 1. The number of amides is 1. The molecule has 31 heavy (non-hydrogen) atoms. The van der Waals surface area contributed by atoms with Crippen molar-refractivity contribution in [2.45, 2.75) is 32.6 Å². The molecule has 1 aliphatic heterocycles. The van der Waals surface area contributed by atoms with Crippen LogP contribution in [-0.2, 0) is 4.79 Å². The summed E-state index contributed by atoms with van der Waals surface area (Å²) < 4.78 is 11.7. The second-order valence-corrected chi connectivity index (χ2v) is 7.54. The maximum Gasteiger partial charge on any atom is 0.226 e. The average molecular weight is 418 g/mol. The van der Waals surface area contributed by atoms with Gasteiger partial charge in [-0.25, -0.2) is 0 Å². The number of nitrogens with zero attached hydrogens (tertiary/aromatic N) is 2. The van der Waals surface area contributed by atoms with Gasteiger partial charge in [-0.15, -0.1) is 0 Å². The van der Waals surface area contributed by atoms with Gasteiger partial charge in [-0.05, 0) is 47.9 Å². The highest BCUT2D eigenvalue weighted by molar-refractivity contribution is 5.94. The zero-order chi connectivity index (χ0) is 21.8. The zero-order valence-electron chi connectivity index (χ0n) is 17.9. The van der Waals surface area contributed by atoms with Crippen molar-refractivity contribution in [3.05, 3.63) is 64.4 Å². The molecule has 2 N–H and O–H groups in total. The third-order valence-corrected chi connectivity index (χ3v) is 5.40. The van der Waals surface area contributed by atoms with Crippen LogP contribution in [0.5, 0.6) is 11.5 Å². The Bertz CT molecular complexity index is 1220. The Morgan fingerprint density at radius 3 is 2.97 bits per heavy atom. The van der Waals surface area contributed by atoms with Crippen molar-refractivity contribution in [1.29, 1.82) is 0 Å². The lowest BCUT2D eigenvalue weighted by Crippen LogP contribution is -2.30. The minimum atomic E-state index is -0.0839. The van der Waals surface area contributed by atoms with Crippen molar-refractivity contribution in [2.24, 2.45) is 0 Å². The third-order valence-electron chi connectivity index (χ3n) is 5.40. The fourth-order valence-electron chi connectivity index (χ4n) is 3.88. The van der Waals surface area contributed by atoms with Crippen LogP contribution in [0.1, 0.15) is 43.7 Å². The number of carbonyl (C=O) groups is 1. The monoisotopic (exact) mass is 418 g/mol. The lowest BCUT2D eigenvalue weighted by Gasteiger charge is -2.23. The van der Waals surface area contributed by atoms with Gasteiger partial charge in [0.15, 0.2) is 11.5 Å². The van der Waals surface area contributed by atoms with Gasteiger partial charge >= 0.3 is 0 Å². The molecule has 0 fully saturated rings. The summed E-state index contributed by atoms with van der Waals surface area (Å²) in [7, 11) is 1.62. The van der Waals surface area contributed by atoms with E-state index in [1.165, 1.54) is 0 Å². The van der Waals surface area contributed by atoms with E-state index in [-0.39, 0.29) is 11.8 Å². The number of fused-ring (bicyclic) bond motifs is 1. The molecule has 7 heteroatoms. The number of pyridine rings is 1. The minimum absolute atomic E-state index is 0.0404. The number of anilines is 1. The molecular formula is C24H26N4O3. The van der Waals surface area contributed by atoms with E-state index in [2.05, 4.69) is 39.6 Å². The van der Waals surface area contributed by atoms with Gasteiger partial charge in [-0.2, -0.15) is 5.10 Å². The van der Waals surface area contributed by atoms with Crippen LogP contribution in [0.4, 0.5) is 5.82 Å². The number of nitrogens with one attached hydrogen (secondary N) is 2. The SMILES string of the molecule is CC/C=c1/cccn/c1=C(/C)COc1ccc([C@@H]2CC(=O)Nc3[nH]ncc32)cc1OC. The Balaban J connectivity index is 1.60. The summed E-state index contributed by atoms with van der Waals surface area (Å²) in [6.07, 6.45) is 7.02. The second-order valence-electron chi connectivity index (χ2n) is 7.54. The molecule has 0 spiro atoms. The molecule has 1 atom stereocenters. The maximum absolute atomic E-state index is 12.1. The summed E-state index contributed by atoms with van der Waals surface area (Å²) in [5.41, 5.74) is 2.99. The first-order chi connectivity index (χ1) is 15.1. The molecule has 4 rings (SSSR count). The highest BCUT2D eigenvalue weighted by atomic mass is 16.5. The van der Waals surface area contributed by atoms with Crippen molar-refractivity contribution in [2.75, 3.05) is 19.0 Å². The van der Waals surface area contributed by atoms with Crippen LogP contribution >= 0.6 is 0 Å². The van der Waals surface area contributed by atoms with Crippen molar-refractivity contribution in [3.63, 3.8) is 0 Å². The molecule has 0 unspecified atom stereocenters. The van der Waals surface area contributed by atoms with Crippen molar-refractivity contribution in [1.82, 2.24) is 15.2 Å². The Morgan fingerprint density at radius 1 is 1.29 bits per heavy atom. The molecular weight excluding hydrogens is 392 g/mol. The molecule has 3 heterocycles. The van der Waals surface area contributed by atoms with Crippen LogP contribution in [0.2, 0.25) is 0 Å². The first-order valence-corrected chi connectivity index (χ1v) is 10.4. The summed E-state index contributed by atoms with van der Waals surface area (Å²) in [5.74, 6) is 1.81. The van der Waals surface area contributed by atoms with Crippen molar-refractivity contribution < 1.29 is 14.3 Å². The summed E-state index contributed by atoms with van der Waals surface area (Å²) in [6.45, 7) is 4.53. The van der Waals surface area contributed by atoms with Gasteiger partial charge in [-0.3, -0.25) is 14.9 Å². The molecule has 1 aliphatic rings. The van der Waals surface area contributed by atoms with Crippen LogP contribution in [0, 0.1) is 0 Å². The molecule has 0 bridgehead atoms. The number of ether oxygens (including phenoxy) is 2. The quantitative estimate of drug-likeness (QED) is 0.643. The number of hydrogen-bond acceptors (Lipinski definition) is 5. The van der Waals surface area contributed by atoms with E-state index in [4.69, 9.17) is 9.47 Å². The normalized spacial score (nSPS) is 17.1. The minimum Gasteiger partial charge on any atom is -0.493 e. The third kappa shape index (κ3) is 4.30. The van der Waals surface area contributed by atoms with Gasteiger partial charge < -0.3 is 14.8 Å². The van der Waals surface area contributed by atoms with E-state index < -0.39 is 0 Å². The Morgan fingerprint density at radius 2 is 2.16 bits per heavy atom. The summed E-state index contributed by atoms with van der Waals surface area (Å²) in [6, 6.07) is 9.81. The topological polar surface area (TPSA) is 89.1 Å². The molecule has 7 nitrogen and oxygen atoms in total. The Kier molecular flexibility index (Phi) is 6.02. The zero-order valence-corrected chi connectivity index (χ0v) is 17.9. The van der Waals surface area contributed by atoms with Gasteiger partial charge in [0.05, 0.1) is 18.7 Å². The van der Waals surface area contributed by atoms with Gasteiger partial charge in [0.25, 0.3) is 0 Å². The second kappa shape index (κ2) is 9.04. The number of H-pyrrole nitrogens is 1. The molecule has 0 saturated carbocycles. The molecule has 0 aliphatic carbocycles. The van der Waals surface area contributed by atoms with Crippen LogP contribution in [0.3, 0.4) is 0 Å². The van der Waals surface area contributed by atoms with E-state index >= 15 is 0 Å². The fraction of sp³-hybridized carbons (Fsp3) is 0.292. The molecule has 2 aromatic heterocycles. The molecule has 3 aromatic rings. The van der Waals surface area contributed by atoms with Crippen molar-refractivity contribution in [3.8, 4) is 11.5 Å². The van der Waals surface area contributed by atoms with Crippen LogP contribution in [-0.4, -0.2) is 34.8 Å². The highest BCUT2D eigenvalue weighted by Crippen LogP contribution is 2.39. The Hall–Kier alpha value is -3.61. The smallest absolute Gasteiger partial charge is 0.226 e. The number of aromatic amines is 1. The maximum atomic E-state index is 12.1. The number of aromatic nitrogens is 3. The van der Waals surface area contributed by atoms with E-state index in [0.29, 0.717) is 30.3 Å². The summed E-state index contributed by atoms with van der Waals surface area (Å²) in [5, 5.41) is 11.8. The first kappa shape index (κ1) is 20.7. The van der Waals surface area contributed by atoms with Crippen LogP contribution in [0.15, 0.2) is 42.7 Å².